The van der Waals surface area contributed by atoms with E-state index in [0.29, 0.717) is 5.01 Å². The molecule has 0 amide bonds. The highest BCUT2D eigenvalue weighted by molar-refractivity contribution is 7.99. The van der Waals surface area contributed by atoms with E-state index in [4.69, 9.17) is 0 Å². The lowest BCUT2D eigenvalue weighted by Crippen LogP contribution is -2.14. The first-order chi connectivity index (χ1) is 14.0. The lowest BCUT2D eigenvalue weighted by atomic mass is 10.1. The van der Waals surface area contributed by atoms with E-state index in [9.17, 15) is 10.1 Å². The number of aromatic nitrogens is 3. The van der Waals surface area contributed by atoms with Crippen LogP contribution in [0, 0.1) is 25.2 Å². The zero-order valence-corrected chi connectivity index (χ0v) is 18.5. The molecule has 3 aromatic rings. The number of benzene rings is 1. The zero-order valence-electron chi connectivity index (χ0n) is 16.9. The molecular weight excluding hydrogens is 400 g/mol. The molecule has 0 aliphatic heterocycles. The Morgan fingerprint density at radius 3 is 2.72 bits per heavy atom. The summed E-state index contributed by atoms with van der Waals surface area (Å²) >= 11 is 2.77. The van der Waals surface area contributed by atoms with Gasteiger partial charge in [0.2, 0.25) is 0 Å². The van der Waals surface area contributed by atoms with Crippen LogP contribution in [0.25, 0.3) is 11.3 Å². The third kappa shape index (κ3) is 4.95. The van der Waals surface area contributed by atoms with Gasteiger partial charge in [-0.1, -0.05) is 55.4 Å². The quantitative estimate of drug-likeness (QED) is 0.431. The number of thioether (sulfide) groups is 1. The van der Waals surface area contributed by atoms with Gasteiger partial charge in [0.25, 0.3) is 0 Å². The maximum atomic E-state index is 12.8. The Balaban J connectivity index is 1.71. The molecule has 0 N–H and O–H groups in total. The lowest BCUT2D eigenvalue weighted by Gasteiger charge is -2.09. The second kappa shape index (κ2) is 9.86. The second-order valence-electron chi connectivity index (χ2n) is 6.82. The molecular formula is C22H24N4OS2. The average molecular weight is 425 g/mol. The van der Waals surface area contributed by atoms with Crippen LogP contribution in [0.4, 0.5) is 0 Å². The Kier molecular flexibility index (Phi) is 7.24. The van der Waals surface area contributed by atoms with Crippen LogP contribution < -0.4 is 0 Å². The fourth-order valence-corrected chi connectivity index (χ4v) is 4.87. The smallest absolute Gasteiger partial charge is 0.168 e. The van der Waals surface area contributed by atoms with Crippen LogP contribution in [-0.4, -0.2) is 26.1 Å². The number of carbonyl (C=O) groups is 1. The number of carbonyl (C=O) groups excluding carboxylic acids is 1. The summed E-state index contributed by atoms with van der Waals surface area (Å²) in [5.74, 6) is -0.765. The molecule has 0 saturated carbocycles. The van der Waals surface area contributed by atoms with Crippen molar-refractivity contribution in [1.82, 2.24) is 14.5 Å². The van der Waals surface area contributed by atoms with Gasteiger partial charge in [-0.15, -0.1) is 11.3 Å². The molecule has 150 valence electrons. The molecule has 3 rings (SSSR count). The molecule has 0 fully saturated rings. The monoisotopic (exact) mass is 424 g/mol. The van der Waals surface area contributed by atoms with Crippen LogP contribution in [0.15, 0.2) is 40.9 Å². The topological polar surface area (TPSA) is 71.6 Å². The minimum Gasteiger partial charge on any atom is -0.323 e. The fourth-order valence-electron chi connectivity index (χ4n) is 2.96. The third-order valence-electron chi connectivity index (χ3n) is 4.79. The van der Waals surface area contributed by atoms with Crippen molar-refractivity contribution in [3.8, 4) is 17.3 Å². The standard InChI is InChI=1S/C22H24N4OS2/c1-4-5-11-26-16(3)15(2)24-22(26)29-14-20(27)18(12-23)21-25-19(13-28-21)17-9-7-6-8-10-17/h6-10,13,18H,4-5,11,14H2,1-3H3. The molecule has 0 aliphatic rings. The maximum Gasteiger partial charge on any atom is 0.168 e. The number of ketones is 1. The zero-order chi connectivity index (χ0) is 20.8. The second-order valence-corrected chi connectivity index (χ2v) is 8.66. The lowest BCUT2D eigenvalue weighted by molar-refractivity contribution is -0.116. The van der Waals surface area contributed by atoms with E-state index >= 15 is 0 Å². The molecule has 1 unspecified atom stereocenters. The van der Waals surface area contributed by atoms with Gasteiger partial charge in [-0.2, -0.15) is 5.26 Å². The number of nitrogens with zero attached hydrogens (tertiary/aromatic N) is 4. The summed E-state index contributed by atoms with van der Waals surface area (Å²) < 4.78 is 2.18. The Bertz CT molecular complexity index is 1020. The van der Waals surface area contributed by atoms with Crippen LogP contribution in [0.5, 0.6) is 0 Å². The van der Waals surface area contributed by atoms with Crippen molar-refractivity contribution >= 4 is 28.9 Å². The molecule has 7 heteroatoms. The van der Waals surface area contributed by atoms with Gasteiger partial charge < -0.3 is 4.57 Å². The Morgan fingerprint density at radius 2 is 2.03 bits per heavy atom. The van der Waals surface area contributed by atoms with Crippen LogP contribution in [-0.2, 0) is 11.3 Å². The number of hydrogen-bond donors (Lipinski definition) is 0. The summed E-state index contributed by atoms with van der Waals surface area (Å²) in [5.41, 5.74) is 3.91. The van der Waals surface area contributed by atoms with Crippen molar-refractivity contribution in [2.45, 2.75) is 51.2 Å². The molecule has 0 spiro atoms. The van der Waals surface area contributed by atoms with Gasteiger partial charge in [-0.3, -0.25) is 4.79 Å². The number of rotatable bonds is 9. The summed E-state index contributed by atoms with van der Waals surface area (Å²) in [6.45, 7) is 7.10. The molecule has 1 aromatic carbocycles. The van der Waals surface area contributed by atoms with E-state index in [0.717, 1.165) is 47.2 Å². The number of Topliss-reactive ketones (excluding diaryl/α,β-unsaturated/α-hetero) is 1. The number of imidazole rings is 1. The molecule has 29 heavy (non-hydrogen) atoms. The summed E-state index contributed by atoms with van der Waals surface area (Å²) in [4.78, 5) is 22.0. The van der Waals surface area contributed by atoms with E-state index in [-0.39, 0.29) is 11.5 Å². The Hall–Kier alpha value is -2.43. The van der Waals surface area contributed by atoms with E-state index < -0.39 is 5.92 Å². The largest absolute Gasteiger partial charge is 0.323 e. The maximum absolute atomic E-state index is 12.8. The summed E-state index contributed by atoms with van der Waals surface area (Å²) in [5, 5.41) is 12.9. The van der Waals surface area contributed by atoms with E-state index in [1.807, 2.05) is 42.6 Å². The molecule has 0 radical (unpaired) electrons. The third-order valence-corrected chi connectivity index (χ3v) is 6.70. The molecule has 0 saturated heterocycles. The molecule has 1 atom stereocenters. The fraction of sp³-hybridized carbons (Fsp3) is 0.364. The van der Waals surface area contributed by atoms with Crippen molar-refractivity contribution in [3.63, 3.8) is 0 Å². The summed E-state index contributed by atoms with van der Waals surface area (Å²) in [6.07, 6.45) is 2.17. The van der Waals surface area contributed by atoms with Gasteiger partial charge in [-0.05, 0) is 20.3 Å². The van der Waals surface area contributed by atoms with E-state index in [1.54, 1.807) is 0 Å². The molecule has 5 nitrogen and oxygen atoms in total. The highest BCUT2D eigenvalue weighted by Crippen LogP contribution is 2.29. The SMILES string of the molecule is CCCCn1c(SCC(=O)C(C#N)c2nc(-c3ccccc3)cs2)nc(C)c1C. The first kappa shape index (κ1) is 21.3. The minimum absolute atomic E-state index is 0.133. The van der Waals surface area contributed by atoms with Gasteiger partial charge >= 0.3 is 0 Å². The minimum atomic E-state index is -0.841. The molecule has 0 aliphatic carbocycles. The highest BCUT2D eigenvalue weighted by Gasteiger charge is 2.25. The highest BCUT2D eigenvalue weighted by atomic mass is 32.2. The van der Waals surface area contributed by atoms with Gasteiger partial charge in [0.05, 0.1) is 23.2 Å². The first-order valence-corrected chi connectivity index (χ1v) is 11.5. The molecule has 2 heterocycles. The van der Waals surface area contributed by atoms with Crippen molar-refractivity contribution < 1.29 is 4.79 Å². The first-order valence-electron chi connectivity index (χ1n) is 9.64. The van der Waals surface area contributed by atoms with Crippen molar-refractivity contribution in [3.05, 3.63) is 52.1 Å². The predicted molar refractivity (Wildman–Crippen MR) is 118 cm³/mol. The molecule has 0 bridgehead atoms. The van der Waals surface area contributed by atoms with Crippen LogP contribution in [0.1, 0.15) is 42.1 Å². The van der Waals surface area contributed by atoms with Gasteiger partial charge in [0.1, 0.15) is 5.01 Å². The van der Waals surface area contributed by atoms with Crippen LogP contribution >= 0.6 is 23.1 Å². The number of thiazole rings is 1. The van der Waals surface area contributed by atoms with Gasteiger partial charge in [0, 0.05) is 23.2 Å². The van der Waals surface area contributed by atoms with Crippen LogP contribution in [0.3, 0.4) is 0 Å². The number of aryl methyl sites for hydroxylation is 1. The van der Waals surface area contributed by atoms with Gasteiger partial charge in [-0.25, -0.2) is 9.97 Å². The van der Waals surface area contributed by atoms with Crippen molar-refractivity contribution in [2.24, 2.45) is 0 Å². The van der Waals surface area contributed by atoms with Crippen molar-refractivity contribution in [1.29, 1.82) is 5.26 Å². The van der Waals surface area contributed by atoms with Crippen molar-refractivity contribution in [2.75, 3.05) is 5.75 Å². The average Bonchev–Trinajstić information content (AvgIpc) is 3.32. The Labute approximate surface area is 179 Å². The normalized spacial score (nSPS) is 11.9. The number of unbranched alkanes of at least 4 members (excludes halogenated alkanes) is 1. The summed E-state index contributed by atoms with van der Waals surface area (Å²) in [6, 6.07) is 11.9. The molecule has 2 aromatic heterocycles. The van der Waals surface area contributed by atoms with Crippen LogP contribution in [0.2, 0.25) is 0 Å². The van der Waals surface area contributed by atoms with Gasteiger partial charge in [0.15, 0.2) is 16.9 Å². The number of hydrogen-bond acceptors (Lipinski definition) is 6. The van der Waals surface area contributed by atoms with E-state index in [2.05, 4.69) is 34.5 Å². The predicted octanol–water partition coefficient (Wildman–Crippen LogP) is 5.39. The Morgan fingerprint density at radius 1 is 1.28 bits per heavy atom. The number of nitriles is 1. The summed E-state index contributed by atoms with van der Waals surface area (Å²) in [7, 11) is 0. The van der Waals surface area contributed by atoms with E-state index in [1.165, 1.54) is 23.1 Å².